The monoisotopic (exact) mass is 291 g/mol. The minimum Gasteiger partial charge on any atom is -0.495 e. The molecule has 1 saturated heterocycles. The fourth-order valence-corrected chi connectivity index (χ4v) is 2.24. The highest BCUT2D eigenvalue weighted by Gasteiger charge is 2.51. The summed E-state index contributed by atoms with van der Waals surface area (Å²) in [6.07, 6.45) is 1.07. The van der Waals surface area contributed by atoms with Gasteiger partial charge in [-0.2, -0.15) is 0 Å². The Balaban J connectivity index is 2.22. The van der Waals surface area contributed by atoms with Gasteiger partial charge in [-0.25, -0.2) is 0 Å². The molecule has 0 radical (unpaired) electrons. The summed E-state index contributed by atoms with van der Waals surface area (Å²) in [6.45, 7) is 11.3. The second-order valence-electron chi connectivity index (χ2n) is 6.47. The number of benzene rings is 1. The van der Waals surface area contributed by atoms with E-state index in [1.165, 1.54) is 0 Å². The Hall–Kier alpha value is -1.20. The zero-order valence-corrected chi connectivity index (χ0v) is 13.9. The normalized spacial score (nSPS) is 19.6. The number of hydrogen-bond acceptors (Lipinski definition) is 4. The minimum absolute atomic E-state index is 0.329. The first kappa shape index (κ1) is 16.2. The molecule has 1 aromatic rings. The summed E-state index contributed by atoms with van der Waals surface area (Å²) in [5.74, 6) is 0.815. The molecule has 0 bridgehead atoms. The van der Waals surface area contributed by atoms with Crippen LogP contribution in [0.15, 0.2) is 18.2 Å². The van der Waals surface area contributed by atoms with Crippen LogP contribution in [0.25, 0.3) is 0 Å². The quantitative estimate of drug-likeness (QED) is 0.847. The van der Waals surface area contributed by atoms with Crippen LogP contribution in [-0.4, -0.2) is 32.0 Å². The van der Waals surface area contributed by atoms with Gasteiger partial charge in [0.1, 0.15) is 5.75 Å². The molecule has 1 aliphatic rings. The third-order valence-electron chi connectivity index (χ3n) is 4.32. The van der Waals surface area contributed by atoms with Crippen molar-refractivity contribution in [1.29, 1.82) is 0 Å². The van der Waals surface area contributed by atoms with Crippen molar-refractivity contribution in [3.8, 4) is 5.75 Å². The lowest BCUT2D eigenvalue weighted by molar-refractivity contribution is 0.00578. The lowest BCUT2D eigenvalue weighted by Gasteiger charge is -2.32. The second-order valence-corrected chi connectivity index (χ2v) is 6.47. The molecule has 1 heterocycles. The number of nitrogens with one attached hydrogen (secondary N) is 1. The zero-order chi connectivity index (χ0) is 15.7. The Bertz CT molecular complexity index is 486. The predicted octanol–water partition coefficient (Wildman–Crippen LogP) is 2.82. The molecule has 0 aliphatic carbocycles. The van der Waals surface area contributed by atoms with Gasteiger partial charge in [0.15, 0.2) is 0 Å². The molecule has 1 aliphatic heterocycles. The molecule has 1 N–H and O–H groups in total. The van der Waals surface area contributed by atoms with Gasteiger partial charge in [0, 0.05) is 6.54 Å². The summed E-state index contributed by atoms with van der Waals surface area (Å²) in [6, 6.07) is 6.04. The molecule has 0 aromatic heterocycles. The van der Waals surface area contributed by atoms with E-state index < -0.39 is 0 Å². The van der Waals surface area contributed by atoms with Crippen molar-refractivity contribution in [2.24, 2.45) is 0 Å². The van der Waals surface area contributed by atoms with Crippen molar-refractivity contribution >= 4 is 18.3 Å². The molecule has 1 aromatic carbocycles. The van der Waals surface area contributed by atoms with E-state index in [1.54, 1.807) is 7.11 Å². The van der Waals surface area contributed by atoms with Crippen LogP contribution in [0.2, 0.25) is 0 Å². The van der Waals surface area contributed by atoms with Crippen molar-refractivity contribution in [2.75, 3.05) is 19.0 Å². The first-order valence-electron chi connectivity index (χ1n) is 7.58. The van der Waals surface area contributed by atoms with E-state index in [0.29, 0.717) is 0 Å². The Morgan fingerprint density at radius 3 is 2.29 bits per heavy atom. The van der Waals surface area contributed by atoms with Gasteiger partial charge >= 0.3 is 7.12 Å². The molecule has 0 spiro atoms. The van der Waals surface area contributed by atoms with Crippen LogP contribution in [0, 0.1) is 0 Å². The van der Waals surface area contributed by atoms with Gasteiger partial charge in [0.25, 0.3) is 0 Å². The summed E-state index contributed by atoms with van der Waals surface area (Å²) >= 11 is 0. The fraction of sp³-hybridized carbons (Fsp3) is 0.625. The summed E-state index contributed by atoms with van der Waals surface area (Å²) in [5, 5.41) is 3.36. The smallest absolute Gasteiger partial charge is 0.494 e. The van der Waals surface area contributed by atoms with Gasteiger partial charge < -0.3 is 19.4 Å². The zero-order valence-electron chi connectivity index (χ0n) is 13.9. The number of rotatable bonds is 5. The molecule has 1 fully saturated rings. The summed E-state index contributed by atoms with van der Waals surface area (Å²) in [5.41, 5.74) is 1.32. The second kappa shape index (κ2) is 5.89. The largest absolute Gasteiger partial charge is 0.495 e. The molecule has 0 saturated carbocycles. The molecule has 0 unspecified atom stereocenters. The number of methoxy groups -OCH3 is 1. The van der Waals surface area contributed by atoms with E-state index in [9.17, 15) is 0 Å². The van der Waals surface area contributed by atoms with Crippen LogP contribution in [0.3, 0.4) is 0 Å². The van der Waals surface area contributed by atoms with E-state index in [0.717, 1.165) is 29.9 Å². The van der Waals surface area contributed by atoms with Gasteiger partial charge in [0.05, 0.1) is 24.0 Å². The van der Waals surface area contributed by atoms with Crippen LogP contribution >= 0.6 is 0 Å². The molecule has 0 amide bonds. The Morgan fingerprint density at radius 1 is 1.14 bits per heavy atom. The molecule has 21 heavy (non-hydrogen) atoms. The third-order valence-corrected chi connectivity index (χ3v) is 4.32. The molecule has 2 rings (SSSR count). The lowest BCUT2D eigenvalue weighted by Crippen LogP contribution is -2.41. The Kier molecular flexibility index (Phi) is 4.54. The molecule has 0 atom stereocenters. The van der Waals surface area contributed by atoms with Crippen LogP contribution in [0.1, 0.15) is 41.0 Å². The molecule has 116 valence electrons. The third kappa shape index (κ3) is 3.19. The van der Waals surface area contributed by atoms with Crippen molar-refractivity contribution < 1.29 is 14.0 Å². The van der Waals surface area contributed by atoms with Gasteiger partial charge in [-0.15, -0.1) is 0 Å². The van der Waals surface area contributed by atoms with E-state index in [1.807, 2.05) is 18.2 Å². The summed E-state index contributed by atoms with van der Waals surface area (Å²) in [7, 11) is 1.32. The Labute approximate surface area is 128 Å². The number of ether oxygens (including phenoxy) is 1. The highest BCUT2D eigenvalue weighted by molar-refractivity contribution is 6.62. The average molecular weight is 291 g/mol. The first-order chi connectivity index (χ1) is 9.80. The van der Waals surface area contributed by atoms with Crippen LogP contribution in [-0.2, 0) is 9.31 Å². The van der Waals surface area contributed by atoms with Crippen LogP contribution < -0.4 is 15.5 Å². The van der Waals surface area contributed by atoms with Crippen molar-refractivity contribution in [1.82, 2.24) is 0 Å². The van der Waals surface area contributed by atoms with Gasteiger partial charge in [-0.05, 0) is 51.7 Å². The molecular formula is C16H26BNO3. The van der Waals surface area contributed by atoms with E-state index in [2.05, 4.69) is 39.9 Å². The van der Waals surface area contributed by atoms with Gasteiger partial charge in [-0.1, -0.05) is 13.0 Å². The Morgan fingerprint density at radius 2 is 1.76 bits per heavy atom. The average Bonchev–Trinajstić information content (AvgIpc) is 2.65. The highest BCUT2D eigenvalue weighted by atomic mass is 16.7. The van der Waals surface area contributed by atoms with E-state index >= 15 is 0 Å². The van der Waals surface area contributed by atoms with Crippen molar-refractivity contribution in [3.63, 3.8) is 0 Å². The summed E-state index contributed by atoms with van der Waals surface area (Å²) < 4.78 is 17.6. The van der Waals surface area contributed by atoms with Crippen LogP contribution in [0.4, 0.5) is 5.69 Å². The van der Waals surface area contributed by atoms with Crippen LogP contribution in [0.5, 0.6) is 5.75 Å². The summed E-state index contributed by atoms with van der Waals surface area (Å²) in [4.78, 5) is 0. The maximum absolute atomic E-state index is 6.07. The molecular weight excluding hydrogens is 265 g/mol. The van der Waals surface area contributed by atoms with Crippen molar-refractivity contribution in [2.45, 2.75) is 52.2 Å². The fourth-order valence-electron chi connectivity index (χ4n) is 2.24. The lowest BCUT2D eigenvalue weighted by atomic mass is 9.79. The van der Waals surface area contributed by atoms with Gasteiger partial charge in [0.2, 0.25) is 0 Å². The standard InChI is InChI=1S/C16H26BNO3/c1-7-10-18-13-9-8-12(11-14(13)19-6)17-20-15(2,3)16(4,5)21-17/h8-9,11,18H,7,10H2,1-6H3. The topological polar surface area (TPSA) is 39.7 Å². The van der Waals surface area contributed by atoms with E-state index in [-0.39, 0.29) is 18.3 Å². The number of anilines is 1. The number of hydrogen-bond donors (Lipinski definition) is 1. The van der Waals surface area contributed by atoms with Crippen molar-refractivity contribution in [3.05, 3.63) is 18.2 Å². The SMILES string of the molecule is CCCNc1ccc(B2OC(C)(C)C(C)(C)O2)cc1OC. The van der Waals surface area contributed by atoms with Gasteiger partial charge in [-0.3, -0.25) is 0 Å². The first-order valence-corrected chi connectivity index (χ1v) is 7.58. The molecule has 4 nitrogen and oxygen atoms in total. The predicted molar refractivity (Wildman–Crippen MR) is 87.5 cm³/mol. The maximum atomic E-state index is 6.07. The maximum Gasteiger partial charge on any atom is 0.494 e. The van der Waals surface area contributed by atoms with E-state index in [4.69, 9.17) is 14.0 Å². The highest BCUT2D eigenvalue weighted by Crippen LogP contribution is 2.37. The minimum atomic E-state index is -0.357. The molecule has 5 heteroatoms.